The summed E-state index contributed by atoms with van der Waals surface area (Å²) in [7, 11) is 0. The van der Waals surface area contributed by atoms with Crippen LogP contribution in [-0.2, 0) is 6.54 Å². The topological polar surface area (TPSA) is 58.2 Å². The van der Waals surface area contributed by atoms with Crippen molar-refractivity contribution < 1.29 is 18.4 Å². The van der Waals surface area contributed by atoms with Gasteiger partial charge in [0.2, 0.25) is 0 Å². The third-order valence-corrected chi connectivity index (χ3v) is 5.56. The van der Waals surface area contributed by atoms with Crippen molar-refractivity contribution in [1.82, 2.24) is 5.32 Å². The molecule has 0 aliphatic heterocycles. The Balaban J connectivity index is 1.61. The molecule has 0 aliphatic rings. The Morgan fingerprint density at radius 1 is 1.00 bits per heavy atom. The van der Waals surface area contributed by atoms with Crippen molar-refractivity contribution in [2.75, 3.05) is 5.32 Å². The summed E-state index contributed by atoms with van der Waals surface area (Å²) in [5.74, 6) is -2.11. The number of anilines is 1. The van der Waals surface area contributed by atoms with Crippen molar-refractivity contribution in [2.24, 2.45) is 0 Å². The molecule has 27 heavy (non-hydrogen) atoms. The third-order valence-electron chi connectivity index (χ3n) is 3.66. The molecule has 0 spiro atoms. The summed E-state index contributed by atoms with van der Waals surface area (Å²) in [5.41, 5.74) is 1.20. The average Bonchev–Trinajstić information content (AvgIpc) is 3.19. The van der Waals surface area contributed by atoms with Gasteiger partial charge in [-0.25, -0.2) is 8.78 Å². The van der Waals surface area contributed by atoms with E-state index in [1.54, 1.807) is 59.0 Å². The van der Waals surface area contributed by atoms with Gasteiger partial charge in [-0.3, -0.25) is 9.59 Å². The average molecular weight is 498 g/mol. The number of halogens is 3. The van der Waals surface area contributed by atoms with Crippen LogP contribution < -0.4 is 10.6 Å². The number of carbonyl (C=O) groups excluding carboxylic acids is 2. The molecule has 3 rings (SSSR count). The van der Waals surface area contributed by atoms with Crippen molar-refractivity contribution in [3.8, 4) is 0 Å². The molecule has 0 saturated heterocycles. The van der Waals surface area contributed by atoms with Crippen LogP contribution in [0.5, 0.6) is 0 Å². The Hall–Kier alpha value is -2.33. The Morgan fingerprint density at radius 2 is 1.67 bits per heavy atom. The Kier molecular flexibility index (Phi) is 6.17. The van der Waals surface area contributed by atoms with Crippen LogP contribution in [0, 0.1) is 15.2 Å². The quantitative estimate of drug-likeness (QED) is 0.392. The predicted molar refractivity (Wildman–Crippen MR) is 109 cm³/mol. The fourth-order valence-corrected chi connectivity index (χ4v) is 3.23. The molecular weight excluding hydrogens is 485 g/mol. The first kappa shape index (κ1) is 19.4. The summed E-state index contributed by atoms with van der Waals surface area (Å²) in [6.07, 6.45) is 0. The van der Waals surface area contributed by atoms with E-state index in [1.165, 1.54) is 11.3 Å². The van der Waals surface area contributed by atoms with Crippen LogP contribution in [0.25, 0.3) is 0 Å². The predicted octanol–water partition coefficient (Wildman–Crippen LogP) is 4.81. The molecule has 0 bridgehead atoms. The van der Waals surface area contributed by atoms with Crippen LogP contribution in [0.3, 0.4) is 0 Å². The van der Waals surface area contributed by atoms with Gasteiger partial charge in [-0.1, -0.05) is 18.2 Å². The number of nitrogens with one attached hydrogen (secondary N) is 2. The fourth-order valence-electron chi connectivity index (χ4n) is 2.28. The van der Waals surface area contributed by atoms with Crippen molar-refractivity contribution in [1.29, 1.82) is 0 Å². The van der Waals surface area contributed by atoms with Crippen LogP contribution in [-0.4, -0.2) is 11.8 Å². The molecule has 1 aromatic heterocycles. The van der Waals surface area contributed by atoms with Gasteiger partial charge in [0.05, 0.1) is 8.45 Å². The summed E-state index contributed by atoms with van der Waals surface area (Å²) >= 11 is 2.92. The minimum atomic E-state index is -0.734. The molecule has 2 amide bonds. The number of carbonyl (C=O) groups is 2. The van der Waals surface area contributed by atoms with E-state index in [4.69, 9.17) is 0 Å². The zero-order chi connectivity index (χ0) is 19.4. The molecule has 0 aliphatic carbocycles. The maximum atomic E-state index is 13.6. The first-order valence-corrected chi connectivity index (χ1v) is 9.76. The monoisotopic (exact) mass is 498 g/mol. The summed E-state index contributed by atoms with van der Waals surface area (Å²) in [4.78, 5) is 24.8. The molecule has 0 unspecified atom stereocenters. The third kappa shape index (κ3) is 4.89. The largest absolute Gasteiger partial charge is 0.347 e. The molecule has 3 aromatic rings. The molecule has 2 aromatic carbocycles. The highest BCUT2D eigenvalue weighted by molar-refractivity contribution is 14.1. The molecule has 0 radical (unpaired) electrons. The van der Waals surface area contributed by atoms with E-state index in [0.29, 0.717) is 17.0 Å². The van der Waals surface area contributed by atoms with Crippen molar-refractivity contribution in [2.45, 2.75) is 6.54 Å². The van der Waals surface area contributed by atoms with E-state index in [2.05, 4.69) is 10.6 Å². The molecule has 2 N–H and O–H groups in total. The van der Waals surface area contributed by atoms with E-state index in [9.17, 15) is 18.4 Å². The summed E-state index contributed by atoms with van der Waals surface area (Å²) < 4.78 is 27.0. The van der Waals surface area contributed by atoms with E-state index < -0.39 is 17.5 Å². The minimum absolute atomic E-state index is 0.0442. The van der Waals surface area contributed by atoms with Gasteiger partial charge in [-0.2, -0.15) is 0 Å². The van der Waals surface area contributed by atoms with Crippen LogP contribution in [0.1, 0.15) is 25.6 Å². The lowest BCUT2D eigenvalue weighted by molar-refractivity contribution is 0.0953. The smallest absolute Gasteiger partial charge is 0.261 e. The van der Waals surface area contributed by atoms with Crippen LogP contribution in [0.2, 0.25) is 0 Å². The van der Waals surface area contributed by atoms with E-state index in [0.717, 1.165) is 17.7 Å². The minimum Gasteiger partial charge on any atom is -0.347 e. The Bertz CT molecular complexity index is 953. The molecule has 0 fully saturated rings. The number of amides is 2. The van der Waals surface area contributed by atoms with Crippen LogP contribution >= 0.6 is 33.9 Å². The van der Waals surface area contributed by atoms with E-state index >= 15 is 0 Å². The van der Waals surface area contributed by atoms with E-state index in [1.807, 2.05) is 5.38 Å². The second-order valence-electron chi connectivity index (χ2n) is 5.56. The molecule has 0 saturated carbocycles. The summed E-state index contributed by atoms with van der Waals surface area (Å²) in [5, 5.41) is 7.09. The lowest BCUT2D eigenvalue weighted by Gasteiger charge is -2.08. The van der Waals surface area contributed by atoms with Gasteiger partial charge in [0.1, 0.15) is 11.6 Å². The second-order valence-corrected chi connectivity index (χ2v) is 7.59. The fraction of sp³-hybridized carbons (Fsp3) is 0.0526. The SMILES string of the molecule is O=C(Nc1cc(F)c(I)c(F)c1)c1ccc(CNC(=O)c2cccs2)cc1. The van der Waals surface area contributed by atoms with Gasteiger partial charge in [-0.05, 0) is 63.9 Å². The molecular formula is C19H13F2IN2O2S. The zero-order valence-electron chi connectivity index (χ0n) is 13.8. The van der Waals surface area contributed by atoms with Gasteiger partial charge in [-0.15, -0.1) is 11.3 Å². The van der Waals surface area contributed by atoms with Crippen molar-refractivity contribution in [3.05, 3.63) is 85.1 Å². The summed E-state index contributed by atoms with van der Waals surface area (Å²) in [6, 6.07) is 12.3. The number of benzene rings is 2. The maximum Gasteiger partial charge on any atom is 0.261 e. The van der Waals surface area contributed by atoms with Gasteiger partial charge >= 0.3 is 0 Å². The standard InChI is InChI=1S/C19H13F2IN2O2S/c20-14-8-13(9-15(21)17(14)22)24-18(25)12-5-3-11(4-6-12)10-23-19(26)16-2-1-7-27-16/h1-9H,10H2,(H,23,26)(H,24,25). The molecule has 138 valence electrons. The first-order valence-electron chi connectivity index (χ1n) is 7.80. The van der Waals surface area contributed by atoms with Crippen molar-refractivity contribution >= 4 is 51.4 Å². The molecule has 8 heteroatoms. The highest BCUT2D eigenvalue weighted by Crippen LogP contribution is 2.21. The number of hydrogen-bond donors (Lipinski definition) is 2. The lowest BCUT2D eigenvalue weighted by atomic mass is 10.1. The molecule has 0 atom stereocenters. The second kappa shape index (κ2) is 8.57. The van der Waals surface area contributed by atoms with Gasteiger partial charge in [0.15, 0.2) is 0 Å². The van der Waals surface area contributed by atoms with E-state index in [-0.39, 0.29) is 15.2 Å². The van der Waals surface area contributed by atoms with Gasteiger partial charge in [0.25, 0.3) is 11.8 Å². The first-order chi connectivity index (χ1) is 12.9. The normalized spacial score (nSPS) is 10.5. The maximum absolute atomic E-state index is 13.6. The summed E-state index contributed by atoms with van der Waals surface area (Å²) in [6.45, 7) is 0.326. The molecule has 1 heterocycles. The number of thiophene rings is 1. The van der Waals surface area contributed by atoms with Crippen molar-refractivity contribution in [3.63, 3.8) is 0 Å². The van der Waals surface area contributed by atoms with Crippen LogP contribution in [0.4, 0.5) is 14.5 Å². The zero-order valence-corrected chi connectivity index (χ0v) is 16.7. The highest BCUT2D eigenvalue weighted by atomic mass is 127. The highest BCUT2D eigenvalue weighted by Gasteiger charge is 2.12. The van der Waals surface area contributed by atoms with Gasteiger partial charge in [0, 0.05) is 17.8 Å². The Labute approximate surface area is 171 Å². The van der Waals surface area contributed by atoms with Gasteiger partial charge < -0.3 is 10.6 Å². The number of hydrogen-bond acceptors (Lipinski definition) is 3. The lowest BCUT2D eigenvalue weighted by Crippen LogP contribution is -2.21. The Morgan fingerprint density at radius 3 is 2.26 bits per heavy atom. The molecule has 4 nitrogen and oxygen atoms in total. The number of rotatable bonds is 5. The van der Waals surface area contributed by atoms with Crippen LogP contribution in [0.15, 0.2) is 53.9 Å².